The highest BCUT2D eigenvalue weighted by molar-refractivity contribution is 5.38. The molecular formula is C11H18N4O. The van der Waals surface area contributed by atoms with Gasteiger partial charge in [-0.2, -0.15) is 4.98 Å². The number of nitrogens with two attached hydrogens (primary N) is 1. The van der Waals surface area contributed by atoms with Crippen LogP contribution in [0.4, 0.5) is 5.82 Å². The van der Waals surface area contributed by atoms with E-state index in [1.54, 1.807) is 0 Å². The lowest BCUT2D eigenvalue weighted by Crippen LogP contribution is -2.12. The third kappa shape index (κ3) is 3.34. The van der Waals surface area contributed by atoms with E-state index in [9.17, 15) is 0 Å². The smallest absolute Gasteiger partial charge is 0.218 e. The van der Waals surface area contributed by atoms with Crippen LogP contribution in [0.25, 0.3) is 0 Å². The zero-order valence-electron chi connectivity index (χ0n) is 9.57. The molecule has 1 saturated carbocycles. The van der Waals surface area contributed by atoms with Gasteiger partial charge in [-0.1, -0.05) is 0 Å². The Bertz CT molecular complexity index is 352. The molecule has 0 bridgehead atoms. The Balaban J connectivity index is 1.96. The molecule has 1 aromatic heterocycles. The monoisotopic (exact) mass is 222 g/mol. The van der Waals surface area contributed by atoms with E-state index in [1.807, 2.05) is 13.0 Å². The predicted molar refractivity (Wildman–Crippen MR) is 62.5 cm³/mol. The molecule has 0 unspecified atom stereocenters. The Labute approximate surface area is 95.4 Å². The summed E-state index contributed by atoms with van der Waals surface area (Å²) in [5.41, 5.74) is 5.38. The van der Waals surface area contributed by atoms with E-state index in [0.717, 1.165) is 18.3 Å². The maximum atomic E-state index is 5.38. The van der Waals surface area contributed by atoms with Crippen molar-refractivity contribution in [2.45, 2.75) is 19.8 Å². The van der Waals surface area contributed by atoms with Crippen molar-refractivity contribution < 1.29 is 4.74 Å². The molecule has 5 heteroatoms. The van der Waals surface area contributed by atoms with Crippen LogP contribution in [0, 0.1) is 12.8 Å². The minimum atomic E-state index is 0.485. The van der Waals surface area contributed by atoms with Crippen molar-refractivity contribution in [1.82, 2.24) is 9.97 Å². The van der Waals surface area contributed by atoms with E-state index in [-0.39, 0.29) is 0 Å². The highest BCUT2D eigenvalue weighted by atomic mass is 16.5. The van der Waals surface area contributed by atoms with Gasteiger partial charge in [0.2, 0.25) is 5.88 Å². The molecule has 3 N–H and O–H groups in total. The summed E-state index contributed by atoms with van der Waals surface area (Å²) in [6.45, 7) is 3.83. The number of nitrogens with zero attached hydrogens (tertiary/aromatic N) is 2. The van der Waals surface area contributed by atoms with Crippen molar-refractivity contribution in [3.8, 4) is 5.88 Å². The molecule has 16 heavy (non-hydrogen) atoms. The first-order valence-electron chi connectivity index (χ1n) is 5.70. The molecule has 0 saturated heterocycles. The molecule has 0 aliphatic heterocycles. The number of rotatable bonds is 6. The van der Waals surface area contributed by atoms with E-state index in [2.05, 4.69) is 15.3 Å². The van der Waals surface area contributed by atoms with Gasteiger partial charge in [-0.25, -0.2) is 4.98 Å². The van der Waals surface area contributed by atoms with Crippen LogP contribution in [-0.2, 0) is 0 Å². The predicted octanol–water partition coefficient (Wildman–Crippen LogP) is 0.944. The van der Waals surface area contributed by atoms with Crippen molar-refractivity contribution in [2.24, 2.45) is 11.7 Å². The summed E-state index contributed by atoms with van der Waals surface area (Å²) in [6.07, 6.45) is 2.65. The van der Waals surface area contributed by atoms with Crippen molar-refractivity contribution in [2.75, 3.05) is 25.0 Å². The van der Waals surface area contributed by atoms with Crippen LogP contribution in [0.15, 0.2) is 6.07 Å². The first-order valence-corrected chi connectivity index (χ1v) is 5.70. The fourth-order valence-corrected chi connectivity index (χ4v) is 1.44. The number of anilines is 1. The number of hydrogen-bond donors (Lipinski definition) is 2. The maximum absolute atomic E-state index is 5.38. The SMILES string of the molecule is Cc1nc(NCC2CC2)cc(OCCN)n1. The van der Waals surface area contributed by atoms with Gasteiger partial charge >= 0.3 is 0 Å². The van der Waals surface area contributed by atoms with Crippen LogP contribution >= 0.6 is 0 Å². The van der Waals surface area contributed by atoms with E-state index in [0.29, 0.717) is 24.9 Å². The minimum Gasteiger partial charge on any atom is -0.476 e. The van der Waals surface area contributed by atoms with Crippen molar-refractivity contribution in [3.05, 3.63) is 11.9 Å². The lowest BCUT2D eigenvalue weighted by molar-refractivity contribution is 0.314. The summed E-state index contributed by atoms with van der Waals surface area (Å²) in [4.78, 5) is 8.49. The van der Waals surface area contributed by atoms with Crippen LogP contribution in [0.3, 0.4) is 0 Å². The number of ether oxygens (including phenoxy) is 1. The maximum Gasteiger partial charge on any atom is 0.218 e. The van der Waals surface area contributed by atoms with Crippen LogP contribution in [0.1, 0.15) is 18.7 Å². The molecule has 0 aromatic carbocycles. The molecule has 1 aliphatic rings. The molecular weight excluding hydrogens is 204 g/mol. The highest BCUT2D eigenvalue weighted by Crippen LogP contribution is 2.28. The molecule has 1 aromatic rings. The fourth-order valence-electron chi connectivity index (χ4n) is 1.44. The van der Waals surface area contributed by atoms with Gasteiger partial charge in [0, 0.05) is 19.2 Å². The number of nitrogens with one attached hydrogen (secondary N) is 1. The van der Waals surface area contributed by atoms with Gasteiger partial charge in [0.15, 0.2) is 0 Å². The van der Waals surface area contributed by atoms with Gasteiger partial charge in [0.25, 0.3) is 0 Å². The highest BCUT2D eigenvalue weighted by Gasteiger charge is 2.20. The largest absolute Gasteiger partial charge is 0.476 e. The van der Waals surface area contributed by atoms with Crippen molar-refractivity contribution >= 4 is 5.82 Å². The fraction of sp³-hybridized carbons (Fsp3) is 0.636. The molecule has 1 fully saturated rings. The lowest BCUT2D eigenvalue weighted by Gasteiger charge is -2.08. The van der Waals surface area contributed by atoms with Gasteiger partial charge in [-0.3, -0.25) is 0 Å². The minimum absolute atomic E-state index is 0.485. The van der Waals surface area contributed by atoms with Crippen LogP contribution in [0.2, 0.25) is 0 Å². The molecule has 2 rings (SSSR count). The molecule has 88 valence electrons. The summed E-state index contributed by atoms with van der Waals surface area (Å²) in [5, 5.41) is 3.30. The Hall–Kier alpha value is -1.36. The average Bonchev–Trinajstić information content (AvgIpc) is 3.07. The quantitative estimate of drug-likeness (QED) is 0.749. The van der Waals surface area contributed by atoms with E-state index < -0.39 is 0 Å². The number of hydrogen-bond acceptors (Lipinski definition) is 5. The lowest BCUT2D eigenvalue weighted by atomic mass is 10.4. The summed E-state index contributed by atoms with van der Waals surface area (Å²) in [5.74, 6) is 2.97. The molecule has 0 spiro atoms. The molecule has 5 nitrogen and oxygen atoms in total. The summed E-state index contributed by atoms with van der Waals surface area (Å²) in [7, 11) is 0. The van der Waals surface area contributed by atoms with Crippen LogP contribution in [0.5, 0.6) is 5.88 Å². The van der Waals surface area contributed by atoms with Crippen molar-refractivity contribution in [3.63, 3.8) is 0 Å². The Kier molecular flexibility index (Phi) is 3.56. The first kappa shape index (κ1) is 11.1. The zero-order chi connectivity index (χ0) is 11.4. The second kappa shape index (κ2) is 5.12. The van der Waals surface area contributed by atoms with E-state index in [4.69, 9.17) is 10.5 Å². The van der Waals surface area contributed by atoms with Crippen LogP contribution < -0.4 is 15.8 Å². The third-order valence-electron chi connectivity index (χ3n) is 2.45. The van der Waals surface area contributed by atoms with Crippen molar-refractivity contribution in [1.29, 1.82) is 0 Å². The molecule has 0 radical (unpaired) electrons. The number of aromatic nitrogens is 2. The van der Waals surface area contributed by atoms with Crippen LogP contribution in [-0.4, -0.2) is 29.7 Å². The molecule has 1 heterocycles. The van der Waals surface area contributed by atoms with Gasteiger partial charge in [-0.15, -0.1) is 0 Å². The summed E-state index contributed by atoms with van der Waals surface area (Å²) >= 11 is 0. The third-order valence-corrected chi connectivity index (χ3v) is 2.45. The zero-order valence-corrected chi connectivity index (χ0v) is 9.57. The Morgan fingerprint density at radius 2 is 2.31 bits per heavy atom. The van der Waals surface area contributed by atoms with E-state index in [1.165, 1.54) is 12.8 Å². The second-order valence-corrected chi connectivity index (χ2v) is 4.10. The van der Waals surface area contributed by atoms with Gasteiger partial charge in [0.1, 0.15) is 18.2 Å². The normalized spacial score (nSPS) is 14.9. The topological polar surface area (TPSA) is 73.1 Å². The van der Waals surface area contributed by atoms with Gasteiger partial charge in [-0.05, 0) is 25.7 Å². The first-order chi connectivity index (χ1) is 7.78. The number of aryl methyl sites for hydroxylation is 1. The van der Waals surface area contributed by atoms with Gasteiger partial charge in [0.05, 0.1) is 0 Å². The Morgan fingerprint density at radius 3 is 3.00 bits per heavy atom. The molecule has 1 aliphatic carbocycles. The van der Waals surface area contributed by atoms with Gasteiger partial charge < -0.3 is 15.8 Å². The standard InChI is InChI=1S/C11H18N4O/c1-8-14-10(13-7-9-2-3-9)6-11(15-8)16-5-4-12/h6,9H,2-5,7,12H2,1H3,(H,13,14,15). The Morgan fingerprint density at radius 1 is 1.50 bits per heavy atom. The van der Waals surface area contributed by atoms with E-state index >= 15 is 0 Å². The summed E-state index contributed by atoms with van der Waals surface area (Å²) in [6, 6.07) is 1.82. The average molecular weight is 222 g/mol. The molecule has 0 amide bonds. The second-order valence-electron chi connectivity index (χ2n) is 4.10. The summed E-state index contributed by atoms with van der Waals surface area (Å²) < 4.78 is 5.38. The molecule has 0 atom stereocenters.